The molecule has 0 spiro atoms. The summed E-state index contributed by atoms with van der Waals surface area (Å²) in [6.45, 7) is 3.59. The Morgan fingerprint density at radius 3 is 2.64 bits per heavy atom. The van der Waals surface area contributed by atoms with Crippen LogP contribution in [0.2, 0.25) is 0 Å². The van der Waals surface area contributed by atoms with E-state index in [0.717, 1.165) is 29.7 Å². The summed E-state index contributed by atoms with van der Waals surface area (Å²) in [6.07, 6.45) is 1.48. The van der Waals surface area contributed by atoms with Crippen LogP contribution >= 0.6 is 0 Å². The first-order chi connectivity index (χ1) is 12.0. The van der Waals surface area contributed by atoms with Gasteiger partial charge >= 0.3 is 0 Å². The van der Waals surface area contributed by atoms with E-state index in [0.29, 0.717) is 19.5 Å². The van der Waals surface area contributed by atoms with Gasteiger partial charge in [0.25, 0.3) is 0 Å². The Labute approximate surface area is 146 Å². The maximum absolute atomic E-state index is 13.5. The third kappa shape index (κ3) is 4.42. The van der Waals surface area contributed by atoms with Crippen LogP contribution in [0.4, 0.5) is 8.78 Å². The number of amides is 1. The van der Waals surface area contributed by atoms with Crippen molar-refractivity contribution >= 4 is 5.91 Å². The number of nitrogens with one attached hydrogen (secondary N) is 1. The average Bonchev–Trinajstić information content (AvgIpc) is 2.60. The Morgan fingerprint density at radius 1 is 1.16 bits per heavy atom. The van der Waals surface area contributed by atoms with E-state index in [9.17, 15) is 13.6 Å². The first-order valence-corrected chi connectivity index (χ1v) is 8.56. The van der Waals surface area contributed by atoms with Gasteiger partial charge in [-0.1, -0.05) is 18.2 Å². The molecule has 0 fully saturated rings. The monoisotopic (exact) mass is 344 g/mol. The molecule has 0 saturated heterocycles. The van der Waals surface area contributed by atoms with Crippen molar-refractivity contribution in [3.05, 3.63) is 70.8 Å². The lowest BCUT2D eigenvalue weighted by Crippen LogP contribution is -2.42. The molecule has 1 unspecified atom stereocenters. The summed E-state index contributed by atoms with van der Waals surface area (Å²) < 4.78 is 26.4. The number of hydrogen-bond donors (Lipinski definition) is 1. The average molecular weight is 344 g/mol. The second-order valence-electron chi connectivity index (χ2n) is 6.47. The third-order valence-corrected chi connectivity index (χ3v) is 4.77. The molecule has 1 heterocycles. The molecule has 0 radical (unpaired) electrons. The number of hydrogen-bond acceptors (Lipinski definition) is 2. The summed E-state index contributed by atoms with van der Waals surface area (Å²) in [6, 6.07) is 11.2. The van der Waals surface area contributed by atoms with Crippen molar-refractivity contribution in [3.63, 3.8) is 0 Å². The first kappa shape index (κ1) is 17.5. The second kappa shape index (κ2) is 7.74. The van der Waals surface area contributed by atoms with Gasteiger partial charge in [0.15, 0.2) is 0 Å². The summed E-state index contributed by atoms with van der Waals surface area (Å²) in [5.74, 6) is -0.548. The number of halogens is 2. The lowest BCUT2D eigenvalue weighted by atomic mass is 9.93. The molecular weight excluding hydrogens is 322 g/mol. The molecule has 1 N–H and O–H groups in total. The Bertz CT molecular complexity index is 746. The van der Waals surface area contributed by atoms with Crippen molar-refractivity contribution in [2.75, 3.05) is 19.6 Å². The maximum Gasteiger partial charge on any atom is 0.234 e. The maximum atomic E-state index is 13.5. The highest BCUT2D eigenvalue weighted by Crippen LogP contribution is 2.29. The highest BCUT2D eigenvalue weighted by Gasteiger charge is 2.25. The van der Waals surface area contributed by atoms with Gasteiger partial charge in [-0.05, 0) is 60.7 Å². The lowest BCUT2D eigenvalue weighted by molar-refractivity contribution is -0.122. The predicted molar refractivity (Wildman–Crippen MR) is 93.2 cm³/mol. The molecule has 0 aromatic heterocycles. The Morgan fingerprint density at radius 2 is 1.88 bits per heavy atom. The number of rotatable bonds is 5. The first-order valence-electron chi connectivity index (χ1n) is 8.56. The summed E-state index contributed by atoms with van der Waals surface area (Å²) in [4.78, 5) is 14.3. The Kier molecular flexibility index (Phi) is 5.43. The molecule has 2 aromatic rings. The summed E-state index contributed by atoms with van der Waals surface area (Å²) >= 11 is 0. The van der Waals surface area contributed by atoms with E-state index in [-0.39, 0.29) is 23.6 Å². The fraction of sp³-hybridized carbons (Fsp3) is 0.350. The zero-order valence-corrected chi connectivity index (χ0v) is 14.3. The molecule has 1 aliphatic rings. The van der Waals surface area contributed by atoms with Crippen LogP contribution in [0.3, 0.4) is 0 Å². The van der Waals surface area contributed by atoms with Gasteiger partial charge in [-0.15, -0.1) is 0 Å². The quantitative estimate of drug-likeness (QED) is 0.903. The normalized spacial score (nSPS) is 17.2. The molecule has 1 aliphatic heterocycles. The van der Waals surface area contributed by atoms with E-state index in [1.807, 2.05) is 13.0 Å². The number of nitrogens with zero attached hydrogens (tertiary/aromatic N) is 1. The molecule has 0 bridgehead atoms. The number of carbonyl (C=O) groups is 1. The van der Waals surface area contributed by atoms with Crippen molar-refractivity contribution in [3.8, 4) is 0 Å². The molecule has 2 aromatic carbocycles. The number of benzene rings is 2. The van der Waals surface area contributed by atoms with Gasteiger partial charge in [-0.25, -0.2) is 8.78 Å². The summed E-state index contributed by atoms with van der Waals surface area (Å²) in [5.41, 5.74) is 3.10. The van der Waals surface area contributed by atoms with Gasteiger partial charge in [-0.2, -0.15) is 0 Å². The molecule has 1 atom stereocenters. The van der Waals surface area contributed by atoms with Gasteiger partial charge in [-0.3, -0.25) is 9.69 Å². The van der Waals surface area contributed by atoms with Gasteiger partial charge in [0.1, 0.15) is 11.6 Å². The molecule has 0 aliphatic carbocycles. The fourth-order valence-electron chi connectivity index (χ4n) is 3.29. The van der Waals surface area contributed by atoms with E-state index in [2.05, 4.69) is 10.2 Å². The molecule has 5 heteroatoms. The number of carbonyl (C=O) groups excluding carboxylic acids is 1. The van der Waals surface area contributed by atoms with Crippen molar-refractivity contribution in [1.82, 2.24) is 10.2 Å². The zero-order valence-electron chi connectivity index (χ0n) is 14.3. The van der Waals surface area contributed by atoms with E-state index in [4.69, 9.17) is 0 Å². The van der Waals surface area contributed by atoms with Crippen LogP contribution in [-0.2, 0) is 17.6 Å². The standard InChI is InChI=1S/C20H22F2N2O/c1-14-19-12-18(22)7-4-16(19)9-11-24(14)13-20(25)23-10-8-15-2-5-17(21)6-3-15/h2-7,12,14H,8-11,13H2,1H3,(H,23,25). The minimum absolute atomic E-state index is 0.0160. The largest absolute Gasteiger partial charge is 0.355 e. The summed E-state index contributed by atoms with van der Waals surface area (Å²) in [7, 11) is 0. The molecule has 0 saturated carbocycles. The van der Waals surface area contributed by atoms with Crippen LogP contribution in [0.5, 0.6) is 0 Å². The minimum atomic E-state index is -0.261. The highest BCUT2D eigenvalue weighted by molar-refractivity contribution is 5.78. The van der Waals surface area contributed by atoms with Crippen molar-refractivity contribution in [2.24, 2.45) is 0 Å². The van der Waals surface area contributed by atoms with Gasteiger partial charge < -0.3 is 5.32 Å². The summed E-state index contributed by atoms with van der Waals surface area (Å²) in [5, 5.41) is 2.90. The Balaban J connectivity index is 1.50. The molecule has 3 nitrogen and oxygen atoms in total. The van der Waals surface area contributed by atoms with E-state index < -0.39 is 0 Å². The van der Waals surface area contributed by atoms with E-state index >= 15 is 0 Å². The smallest absolute Gasteiger partial charge is 0.234 e. The zero-order chi connectivity index (χ0) is 17.8. The van der Waals surface area contributed by atoms with Gasteiger partial charge in [0.05, 0.1) is 6.54 Å². The second-order valence-corrected chi connectivity index (χ2v) is 6.47. The van der Waals surface area contributed by atoms with Crippen LogP contribution in [0.15, 0.2) is 42.5 Å². The molecule has 132 valence electrons. The van der Waals surface area contributed by atoms with Crippen molar-refractivity contribution in [2.45, 2.75) is 25.8 Å². The van der Waals surface area contributed by atoms with Gasteiger partial charge in [0.2, 0.25) is 5.91 Å². The highest BCUT2D eigenvalue weighted by atomic mass is 19.1. The lowest BCUT2D eigenvalue weighted by Gasteiger charge is -2.34. The van der Waals surface area contributed by atoms with E-state index in [1.54, 1.807) is 18.2 Å². The van der Waals surface area contributed by atoms with Crippen LogP contribution in [0.25, 0.3) is 0 Å². The number of fused-ring (bicyclic) bond motifs is 1. The molecule has 25 heavy (non-hydrogen) atoms. The van der Waals surface area contributed by atoms with Crippen LogP contribution in [0.1, 0.15) is 29.7 Å². The van der Waals surface area contributed by atoms with Crippen LogP contribution < -0.4 is 5.32 Å². The molecule has 1 amide bonds. The topological polar surface area (TPSA) is 32.3 Å². The van der Waals surface area contributed by atoms with E-state index in [1.165, 1.54) is 18.2 Å². The van der Waals surface area contributed by atoms with Gasteiger partial charge in [0, 0.05) is 19.1 Å². The van der Waals surface area contributed by atoms with Crippen molar-refractivity contribution < 1.29 is 13.6 Å². The fourth-order valence-corrected chi connectivity index (χ4v) is 3.29. The molecule has 3 rings (SSSR count). The SMILES string of the molecule is CC1c2cc(F)ccc2CCN1CC(=O)NCCc1ccc(F)cc1. The predicted octanol–water partition coefficient (Wildman–Crippen LogP) is 3.24. The Hall–Kier alpha value is -2.27. The van der Waals surface area contributed by atoms with Crippen molar-refractivity contribution in [1.29, 1.82) is 0 Å². The third-order valence-electron chi connectivity index (χ3n) is 4.77. The molecular formula is C20H22F2N2O. The van der Waals surface area contributed by atoms with Crippen LogP contribution in [0, 0.1) is 11.6 Å². The minimum Gasteiger partial charge on any atom is -0.355 e. The van der Waals surface area contributed by atoms with Crippen LogP contribution in [-0.4, -0.2) is 30.4 Å².